The Hall–Kier alpha value is -1.36. The second-order valence-electron chi connectivity index (χ2n) is 6.94. The predicted octanol–water partition coefficient (Wildman–Crippen LogP) is 3.77. The van der Waals surface area contributed by atoms with Gasteiger partial charge in [0.15, 0.2) is 5.69 Å². The van der Waals surface area contributed by atoms with Crippen LogP contribution in [-0.4, -0.2) is 47.0 Å². The third-order valence-electron chi connectivity index (χ3n) is 5.15. The zero-order valence-corrected chi connectivity index (χ0v) is 15.3. The summed E-state index contributed by atoms with van der Waals surface area (Å²) in [5.74, 6) is 1.34. The standard InChI is InChI=1S/C18H27ClN4O/c1-2-6-14-7-5-11-22(12-8-14)17(24)16-15(19)13-20-18(21-16)23-9-3-4-10-23/h13-14H,2-12H2,1H3. The van der Waals surface area contributed by atoms with Gasteiger partial charge in [-0.3, -0.25) is 4.79 Å². The Labute approximate surface area is 149 Å². The average Bonchev–Trinajstić information content (AvgIpc) is 3.02. The van der Waals surface area contributed by atoms with Crippen LogP contribution >= 0.6 is 11.6 Å². The number of likely N-dealkylation sites (tertiary alicyclic amines) is 1. The molecule has 24 heavy (non-hydrogen) atoms. The molecule has 2 fully saturated rings. The summed E-state index contributed by atoms with van der Waals surface area (Å²) in [5.41, 5.74) is 0.363. The van der Waals surface area contributed by atoms with Crippen molar-refractivity contribution in [3.05, 3.63) is 16.9 Å². The maximum absolute atomic E-state index is 12.9. The van der Waals surface area contributed by atoms with E-state index >= 15 is 0 Å². The molecule has 6 heteroatoms. The molecule has 0 bridgehead atoms. The summed E-state index contributed by atoms with van der Waals surface area (Å²) in [4.78, 5) is 25.8. The monoisotopic (exact) mass is 350 g/mol. The summed E-state index contributed by atoms with van der Waals surface area (Å²) in [6.07, 6.45) is 9.73. The number of anilines is 1. The number of carbonyl (C=O) groups excluding carboxylic acids is 1. The van der Waals surface area contributed by atoms with Crippen LogP contribution in [0.4, 0.5) is 5.95 Å². The van der Waals surface area contributed by atoms with Crippen LogP contribution in [0.2, 0.25) is 5.02 Å². The van der Waals surface area contributed by atoms with Gasteiger partial charge in [0.25, 0.3) is 5.91 Å². The van der Waals surface area contributed by atoms with E-state index in [4.69, 9.17) is 11.6 Å². The van der Waals surface area contributed by atoms with Gasteiger partial charge in [0.2, 0.25) is 5.95 Å². The van der Waals surface area contributed by atoms with Crippen LogP contribution in [0, 0.1) is 5.92 Å². The molecule has 1 unspecified atom stereocenters. The van der Waals surface area contributed by atoms with Crippen molar-refractivity contribution in [2.45, 2.75) is 51.9 Å². The highest BCUT2D eigenvalue weighted by Gasteiger charge is 2.25. The molecule has 1 amide bonds. The Morgan fingerprint density at radius 1 is 1.21 bits per heavy atom. The fourth-order valence-corrected chi connectivity index (χ4v) is 3.96. The van der Waals surface area contributed by atoms with Crippen molar-refractivity contribution in [3.63, 3.8) is 0 Å². The van der Waals surface area contributed by atoms with Crippen molar-refractivity contribution in [2.75, 3.05) is 31.1 Å². The summed E-state index contributed by atoms with van der Waals surface area (Å²) in [6, 6.07) is 0. The minimum atomic E-state index is -0.0417. The van der Waals surface area contributed by atoms with Crippen LogP contribution in [0.3, 0.4) is 0 Å². The van der Waals surface area contributed by atoms with E-state index in [1.165, 1.54) is 19.3 Å². The molecular formula is C18H27ClN4O. The zero-order valence-electron chi connectivity index (χ0n) is 14.5. The van der Waals surface area contributed by atoms with E-state index < -0.39 is 0 Å². The topological polar surface area (TPSA) is 49.3 Å². The second kappa shape index (κ2) is 8.15. The fraction of sp³-hybridized carbons (Fsp3) is 0.722. The Morgan fingerprint density at radius 2 is 2.00 bits per heavy atom. The number of rotatable bonds is 4. The lowest BCUT2D eigenvalue weighted by molar-refractivity contribution is 0.0754. The molecule has 0 saturated carbocycles. The molecule has 2 aliphatic heterocycles. The van der Waals surface area contributed by atoms with Gasteiger partial charge in [0, 0.05) is 26.2 Å². The highest BCUT2D eigenvalue weighted by molar-refractivity contribution is 6.33. The lowest BCUT2D eigenvalue weighted by Crippen LogP contribution is -2.33. The van der Waals surface area contributed by atoms with E-state index in [9.17, 15) is 4.79 Å². The number of hydrogen-bond donors (Lipinski definition) is 0. The van der Waals surface area contributed by atoms with Gasteiger partial charge in [0.1, 0.15) is 0 Å². The van der Waals surface area contributed by atoms with E-state index in [2.05, 4.69) is 21.8 Å². The highest BCUT2D eigenvalue weighted by atomic mass is 35.5. The molecule has 0 N–H and O–H groups in total. The SMILES string of the molecule is CCCC1CCCN(C(=O)c2nc(N3CCCC3)ncc2Cl)CC1. The molecule has 3 rings (SSSR count). The molecule has 1 aromatic heterocycles. The van der Waals surface area contributed by atoms with Gasteiger partial charge in [-0.1, -0.05) is 31.4 Å². The van der Waals surface area contributed by atoms with Gasteiger partial charge in [-0.2, -0.15) is 0 Å². The Bertz CT molecular complexity index is 574. The average molecular weight is 351 g/mol. The molecule has 0 aliphatic carbocycles. The first-order valence-electron chi connectivity index (χ1n) is 9.25. The van der Waals surface area contributed by atoms with Gasteiger partial charge in [-0.05, 0) is 38.0 Å². The van der Waals surface area contributed by atoms with Gasteiger partial charge in [0.05, 0.1) is 11.2 Å². The molecule has 1 aromatic rings. The molecule has 3 heterocycles. The lowest BCUT2D eigenvalue weighted by atomic mass is 9.96. The van der Waals surface area contributed by atoms with E-state index in [-0.39, 0.29) is 5.91 Å². The summed E-state index contributed by atoms with van der Waals surface area (Å²) >= 11 is 6.25. The first-order valence-corrected chi connectivity index (χ1v) is 9.63. The number of amides is 1. The first kappa shape index (κ1) is 17.5. The number of hydrogen-bond acceptors (Lipinski definition) is 4. The summed E-state index contributed by atoms with van der Waals surface area (Å²) in [5, 5.41) is 0.359. The normalized spacial score (nSPS) is 21.8. The number of halogens is 1. The van der Waals surface area contributed by atoms with Crippen LogP contribution in [0.1, 0.15) is 62.4 Å². The summed E-state index contributed by atoms with van der Waals surface area (Å²) in [6.45, 7) is 5.75. The Kier molecular flexibility index (Phi) is 5.93. The van der Waals surface area contributed by atoms with Crippen molar-refractivity contribution in [3.8, 4) is 0 Å². The van der Waals surface area contributed by atoms with Crippen LogP contribution in [-0.2, 0) is 0 Å². The largest absolute Gasteiger partial charge is 0.341 e. The summed E-state index contributed by atoms with van der Waals surface area (Å²) < 4.78 is 0. The third-order valence-corrected chi connectivity index (χ3v) is 5.43. The minimum Gasteiger partial charge on any atom is -0.341 e. The quantitative estimate of drug-likeness (QED) is 0.829. The minimum absolute atomic E-state index is 0.0417. The van der Waals surface area contributed by atoms with Gasteiger partial charge in [-0.15, -0.1) is 0 Å². The molecular weight excluding hydrogens is 324 g/mol. The van der Waals surface area contributed by atoms with Crippen molar-refractivity contribution in [1.82, 2.24) is 14.9 Å². The second-order valence-corrected chi connectivity index (χ2v) is 7.35. The predicted molar refractivity (Wildman–Crippen MR) is 96.6 cm³/mol. The van der Waals surface area contributed by atoms with E-state index in [1.54, 1.807) is 6.20 Å². The van der Waals surface area contributed by atoms with Crippen LogP contribution in [0.25, 0.3) is 0 Å². The lowest BCUT2D eigenvalue weighted by Gasteiger charge is -2.22. The molecule has 2 saturated heterocycles. The molecule has 1 atom stereocenters. The Balaban J connectivity index is 1.73. The van der Waals surface area contributed by atoms with Crippen molar-refractivity contribution in [2.24, 2.45) is 5.92 Å². The maximum Gasteiger partial charge on any atom is 0.274 e. The highest BCUT2D eigenvalue weighted by Crippen LogP contribution is 2.25. The van der Waals surface area contributed by atoms with Gasteiger partial charge in [-0.25, -0.2) is 9.97 Å². The van der Waals surface area contributed by atoms with Crippen molar-refractivity contribution < 1.29 is 4.79 Å². The number of aromatic nitrogens is 2. The molecule has 0 spiro atoms. The van der Waals surface area contributed by atoms with Crippen molar-refractivity contribution in [1.29, 1.82) is 0 Å². The van der Waals surface area contributed by atoms with Gasteiger partial charge >= 0.3 is 0 Å². The molecule has 0 aromatic carbocycles. The van der Waals surface area contributed by atoms with E-state index in [0.29, 0.717) is 16.7 Å². The van der Waals surface area contributed by atoms with E-state index in [0.717, 1.165) is 57.8 Å². The first-order chi connectivity index (χ1) is 11.7. The number of carbonyl (C=O) groups is 1. The van der Waals surface area contributed by atoms with E-state index in [1.807, 2.05) is 4.90 Å². The molecule has 0 radical (unpaired) electrons. The fourth-order valence-electron chi connectivity index (χ4n) is 3.79. The third kappa shape index (κ3) is 4.00. The maximum atomic E-state index is 12.9. The Morgan fingerprint density at radius 3 is 2.75 bits per heavy atom. The van der Waals surface area contributed by atoms with Gasteiger partial charge < -0.3 is 9.80 Å². The van der Waals surface area contributed by atoms with Crippen LogP contribution in [0.15, 0.2) is 6.20 Å². The van der Waals surface area contributed by atoms with Crippen LogP contribution in [0.5, 0.6) is 0 Å². The smallest absolute Gasteiger partial charge is 0.274 e. The van der Waals surface area contributed by atoms with Crippen molar-refractivity contribution >= 4 is 23.5 Å². The molecule has 5 nitrogen and oxygen atoms in total. The number of nitrogens with zero attached hydrogens (tertiary/aromatic N) is 4. The molecule has 2 aliphatic rings. The summed E-state index contributed by atoms with van der Waals surface area (Å²) in [7, 11) is 0. The molecule has 132 valence electrons. The van der Waals surface area contributed by atoms with Crippen LogP contribution < -0.4 is 4.90 Å². The zero-order chi connectivity index (χ0) is 16.9.